The molecule has 1 saturated carbocycles. The van der Waals surface area contributed by atoms with E-state index in [1.54, 1.807) is 25.1 Å². The highest BCUT2D eigenvalue weighted by atomic mass is 35.5. The minimum atomic E-state index is -4.69. The van der Waals surface area contributed by atoms with Gasteiger partial charge in [-0.1, -0.05) is 11.6 Å². The second-order valence-electron chi connectivity index (χ2n) is 8.78. The van der Waals surface area contributed by atoms with E-state index >= 15 is 0 Å². The fourth-order valence-corrected chi connectivity index (χ4v) is 4.57. The van der Waals surface area contributed by atoms with Gasteiger partial charge in [0.15, 0.2) is 0 Å². The molecule has 0 spiro atoms. The maximum atomic E-state index is 13.9. The molecule has 1 fully saturated rings. The minimum absolute atomic E-state index is 0.103. The lowest BCUT2D eigenvalue weighted by Gasteiger charge is -2.26. The molecule has 0 saturated heterocycles. The van der Waals surface area contributed by atoms with E-state index in [1.165, 1.54) is 19.2 Å². The monoisotopic (exact) mass is 512 g/mol. The molecule has 190 valence electrons. The number of rotatable bonds is 8. The summed E-state index contributed by atoms with van der Waals surface area (Å²) in [5.74, 6) is -1.16. The Balaban J connectivity index is 1.72. The van der Waals surface area contributed by atoms with E-state index in [-0.39, 0.29) is 29.6 Å². The summed E-state index contributed by atoms with van der Waals surface area (Å²) in [5.41, 5.74) is -0.668. The summed E-state index contributed by atoms with van der Waals surface area (Å²) in [6, 6.07) is 7.76. The Morgan fingerprint density at radius 2 is 1.83 bits per heavy atom. The number of hydrogen-bond donors (Lipinski definition) is 3. The molecule has 1 atom stereocenters. The number of aliphatic carboxylic acids is 1. The van der Waals surface area contributed by atoms with Crippen molar-refractivity contribution in [3.05, 3.63) is 58.1 Å². The number of anilines is 1. The first kappa shape index (κ1) is 26.7. The molecule has 2 aromatic rings. The number of benzene rings is 2. The van der Waals surface area contributed by atoms with E-state index in [9.17, 15) is 22.8 Å². The first-order valence-electron chi connectivity index (χ1n) is 11.3. The second-order valence-corrected chi connectivity index (χ2v) is 9.18. The van der Waals surface area contributed by atoms with E-state index in [4.69, 9.17) is 21.4 Å². The molecule has 10 heteroatoms. The summed E-state index contributed by atoms with van der Waals surface area (Å²) in [5, 5.41) is 15.0. The van der Waals surface area contributed by atoms with Crippen molar-refractivity contribution in [3.8, 4) is 5.75 Å². The Kier molecular flexibility index (Phi) is 8.53. The van der Waals surface area contributed by atoms with Crippen molar-refractivity contribution in [2.75, 3.05) is 19.0 Å². The summed E-state index contributed by atoms with van der Waals surface area (Å²) in [6.07, 6.45) is -2.32. The average Bonchev–Trinajstić information content (AvgIpc) is 2.82. The first-order chi connectivity index (χ1) is 16.5. The number of halogens is 4. The van der Waals surface area contributed by atoms with Crippen LogP contribution in [0.25, 0.3) is 0 Å². The van der Waals surface area contributed by atoms with E-state index in [0.717, 1.165) is 6.07 Å². The summed E-state index contributed by atoms with van der Waals surface area (Å²) in [4.78, 5) is 23.7. The molecule has 3 rings (SSSR count). The zero-order valence-electron chi connectivity index (χ0n) is 19.4. The van der Waals surface area contributed by atoms with Gasteiger partial charge in [-0.25, -0.2) is 0 Å². The van der Waals surface area contributed by atoms with E-state index < -0.39 is 29.7 Å². The number of carboxylic acid groups (broad SMARTS) is 1. The van der Waals surface area contributed by atoms with Crippen LogP contribution in [0.15, 0.2) is 36.4 Å². The van der Waals surface area contributed by atoms with Crippen LogP contribution >= 0.6 is 11.6 Å². The van der Waals surface area contributed by atoms with Gasteiger partial charge in [-0.15, -0.1) is 0 Å². The molecule has 3 N–H and O–H groups in total. The normalized spacial score (nSPS) is 19.0. The van der Waals surface area contributed by atoms with Gasteiger partial charge in [-0.05, 0) is 80.5 Å². The molecule has 1 amide bonds. The second kappa shape index (κ2) is 11.2. The number of hydrogen-bond acceptors (Lipinski definition) is 4. The van der Waals surface area contributed by atoms with Crippen molar-refractivity contribution in [1.82, 2.24) is 5.32 Å². The lowest BCUT2D eigenvalue weighted by Crippen LogP contribution is -2.32. The van der Waals surface area contributed by atoms with Gasteiger partial charge in [0.05, 0.1) is 24.6 Å². The number of amides is 1. The third-order valence-electron chi connectivity index (χ3n) is 6.38. The summed E-state index contributed by atoms with van der Waals surface area (Å²) in [6.45, 7) is 1.97. The quantitative estimate of drug-likeness (QED) is 0.394. The molecule has 0 aromatic heterocycles. The van der Waals surface area contributed by atoms with Crippen molar-refractivity contribution in [2.24, 2.45) is 11.8 Å². The van der Waals surface area contributed by atoms with Crippen LogP contribution in [0.2, 0.25) is 5.02 Å². The number of alkyl halides is 3. The van der Waals surface area contributed by atoms with Crippen LogP contribution in [-0.4, -0.2) is 30.6 Å². The third-order valence-corrected chi connectivity index (χ3v) is 6.72. The topological polar surface area (TPSA) is 87.7 Å². The standard InChI is InChI=1S/C25H28ClF3N2O4/c1-14(19-12-18(35-2)8-9-21(19)26)31-22-10-7-17(11-20(22)25(27,28)29)23(32)30-13-15-3-5-16(6-4-15)24(33)34/h7-12,14-16,31H,3-6,13H2,1-2H3,(H,30,32)(H,33,34)/t14?,15-,16-. The molecule has 35 heavy (non-hydrogen) atoms. The van der Waals surface area contributed by atoms with Crippen molar-refractivity contribution in [3.63, 3.8) is 0 Å². The van der Waals surface area contributed by atoms with Gasteiger partial charge in [0.25, 0.3) is 5.91 Å². The fourth-order valence-electron chi connectivity index (χ4n) is 4.29. The fraction of sp³-hybridized carbons (Fsp3) is 0.440. The molecule has 1 unspecified atom stereocenters. The number of nitrogens with one attached hydrogen (secondary N) is 2. The number of carbonyl (C=O) groups excluding carboxylic acids is 1. The highest BCUT2D eigenvalue weighted by molar-refractivity contribution is 6.31. The molecule has 1 aliphatic carbocycles. The molecular formula is C25H28ClF3N2O4. The van der Waals surface area contributed by atoms with Crippen LogP contribution < -0.4 is 15.4 Å². The summed E-state index contributed by atoms with van der Waals surface area (Å²) in [7, 11) is 1.48. The van der Waals surface area contributed by atoms with Gasteiger partial charge in [0.1, 0.15) is 5.75 Å². The van der Waals surface area contributed by atoms with Crippen LogP contribution in [0.5, 0.6) is 5.75 Å². The Morgan fingerprint density at radius 1 is 1.14 bits per heavy atom. The molecule has 0 heterocycles. The van der Waals surface area contributed by atoms with Crippen LogP contribution in [0.3, 0.4) is 0 Å². The van der Waals surface area contributed by atoms with E-state index in [2.05, 4.69) is 10.6 Å². The summed E-state index contributed by atoms with van der Waals surface area (Å²) >= 11 is 6.23. The number of carbonyl (C=O) groups is 2. The van der Waals surface area contributed by atoms with Crippen LogP contribution in [-0.2, 0) is 11.0 Å². The van der Waals surface area contributed by atoms with Crippen LogP contribution in [0.1, 0.15) is 60.1 Å². The number of ether oxygens (including phenoxy) is 1. The predicted molar refractivity (Wildman–Crippen MR) is 127 cm³/mol. The molecular weight excluding hydrogens is 485 g/mol. The maximum absolute atomic E-state index is 13.9. The van der Waals surface area contributed by atoms with Gasteiger partial charge in [0.2, 0.25) is 0 Å². The van der Waals surface area contributed by atoms with Gasteiger partial charge in [0, 0.05) is 22.8 Å². The van der Waals surface area contributed by atoms with Crippen molar-refractivity contribution < 1.29 is 32.6 Å². The van der Waals surface area contributed by atoms with Crippen LogP contribution in [0, 0.1) is 11.8 Å². The Labute approximate surface area is 206 Å². The molecule has 0 bridgehead atoms. The molecule has 1 aliphatic rings. The summed E-state index contributed by atoms with van der Waals surface area (Å²) < 4.78 is 46.7. The highest BCUT2D eigenvalue weighted by Gasteiger charge is 2.35. The lowest BCUT2D eigenvalue weighted by atomic mass is 9.82. The largest absolute Gasteiger partial charge is 0.497 e. The lowest BCUT2D eigenvalue weighted by molar-refractivity contribution is -0.143. The van der Waals surface area contributed by atoms with Crippen LogP contribution in [0.4, 0.5) is 18.9 Å². The zero-order valence-corrected chi connectivity index (χ0v) is 20.2. The third kappa shape index (κ3) is 6.81. The maximum Gasteiger partial charge on any atom is 0.418 e. The minimum Gasteiger partial charge on any atom is -0.497 e. The average molecular weight is 513 g/mol. The van der Waals surface area contributed by atoms with E-state index in [0.29, 0.717) is 42.0 Å². The van der Waals surface area contributed by atoms with Crippen molar-refractivity contribution in [2.45, 2.75) is 44.8 Å². The molecule has 2 aromatic carbocycles. The SMILES string of the molecule is COc1ccc(Cl)c(C(C)Nc2ccc(C(=O)NC[C@H]3CC[C@H](C(=O)O)CC3)cc2C(F)(F)F)c1. The Hall–Kier alpha value is -2.94. The van der Waals surface area contributed by atoms with Crippen molar-refractivity contribution in [1.29, 1.82) is 0 Å². The zero-order chi connectivity index (χ0) is 25.8. The molecule has 0 aliphatic heterocycles. The van der Waals surface area contributed by atoms with Crippen molar-refractivity contribution >= 4 is 29.2 Å². The van der Waals surface area contributed by atoms with Gasteiger partial charge < -0.3 is 20.5 Å². The Bertz CT molecular complexity index is 1070. The number of carboxylic acids is 1. The first-order valence-corrected chi connectivity index (χ1v) is 11.7. The highest BCUT2D eigenvalue weighted by Crippen LogP contribution is 2.38. The van der Waals surface area contributed by atoms with Gasteiger partial charge in [-0.2, -0.15) is 13.2 Å². The van der Waals surface area contributed by atoms with Gasteiger partial charge >= 0.3 is 12.1 Å². The smallest absolute Gasteiger partial charge is 0.418 e. The Morgan fingerprint density at radius 3 is 2.43 bits per heavy atom. The van der Waals surface area contributed by atoms with Gasteiger partial charge in [-0.3, -0.25) is 9.59 Å². The molecule has 0 radical (unpaired) electrons. The molecule has 6 nitrogen and oxygen atoms in total. The number of methoxy groups -OCH3 is 1. The predicted octanol–water partition coefficient (Wildman–Crippen LogP) is 6.16. The van der Waals surface area contributed by atoms with E-state index in [1.807, 2.05) is 0 Å².